The first-order valence-electron chi connectivity index (χ1n) is 5.27. The number of carboxylic acid groups (broad SMARTS) is 1. The van der Waals surface area contributed by atoms with Crippen molar-refractivity contribution in [3.05, 3.63) is 0 Å². The Kier molecular flexibility index (Phi) is 3.20. The third-order valence-corrected chi connectivity index (χ3v) is 2.88. The van der Waals surface area contributed by atoms with Gasteiger partial charge in [0.25, 0.3) is 0 Å². The van der Waals surface area contributed by atoms with Crippen LogP contribution >= 0.6 is 0 Å². The molecule has 0 aromatic carbocycles. The minimum Gasteiger partial charge on any atom is -0.481 e. The van der Waals surface area contributed by atoms with Gasteiger partial charge in [-0.15, -0.1) is 0 Å². The van der Waals surface area contributed by atoms with E-state index in [9.17, 15) is 4.79 Å². The zero-order chi connectivity index (χ0) is 10.9. The van der Waals surface area contributed by atoms with Gasteiger partial charge in [0, 0.05) is 19.6 Å². The average molecular weight is 199 g/mol. The zero-order valence-corrected chi connectivity index (χ0v) is 9.58. The topological polar surface area (TPSA) is 40.5 Å². The predicted molar refractivity (Wildman–Crippen MR) is 56.2 cm³/mol. The lowest BCUT2D eigenvalue weighted by Gasteiger charge is -2.47. The summed E-state index contributed by atoms with van der Waals surface area (Å²) in [6, 6.07) is 0. The number of hydrogen-bond donors (Lipinski definition) is 1. The summed E-state index contributed by atoms with van der Waals surface area (Å²) in [5.41, 5.74) is 0.389. The Morgan fingerprint density at radius 3 is 2.21 bits per heavy atom. The fraction of sp³-hybridized carbons (Fsp3) is 0.909. The smallest absolute Gasteiger partial charge is 0.308 e. The first-order valence-corrected chi connectivity index (χ1v) is 5.27. The van der Waals surface area contributed by atoms with Crippen molar-refractivity contribution >= 4 is 5.97 Å². The van der Waals surface area contributed by atoms with Gasteiger partial charge >= 0.3 is 5.97 Å². The summed E-state index contributed by atoms with van der Waals surface area (Å²) in [6.45, 7) is 11.2. The molecule has 1 unspecified atom stereocenters. The molecular formula is C11H21NO2. The molecule has 14 heavy (non-hydrogen) atoms. The fourth-order valence-electron chi connectivity index (χ4n) is 2.15. The molecule has 1 N–H and O–H groups in total. The fourth-order valence-corrected chi connectivity index (χ4v) is 2.15. The maximum absolute atomic E-state index is 11.0. The molecule has 3 heteroatoms. The molecule has 0 bridgehead atoms. The Labute approximate surface area is 86.1 Å². The van der Waals surface area contributed by atoms with E-state index >= 15 is 0 Å². The van der Waals surface area contributed by atoms with Gasteiger partial charge in [-0.2, -0.15) is 0 Å². The van der Waals surface area contributed by atoms with Crippen LogP contribution in [0.2, 0.25) is 0 Å². The minimum absolute atomic E-state index is 0.217. The summed E-state index contributed by atoms with van der Waals surface area (Å²) in [7, 11) is 0. The van der Waals surface area contributed by atoms with Crippen LogP contribution in [0, 0.1) is 17.3 Å². The molecule has 0 aromatic heterocycles. The zero-order valence-electron chi connectivity index (χ0n) is 9.58. The van der Waals surface area contributed by atoms with Crippen LogP contribution in [0.5, 0.6) is 0 Å². The minimum atomic E-state index is -0.662. The highest BCUT2D eigenvalue weighted by Gasteiger charge is 2.36. The Hall–Kier alpha value is -0.570. The van der Waals surface area contributed by atoms with Crippen molar-refractivity contribution < 1.29 is 9.90 Å². The number of carboxylic acids is 1. The van der Waals surface area contributed by atoms with Crippen LogP contribution in [0.4, 0.5) is 0 Å². The van der Waals surface area contributed by atoms with Crippen molar-refractivity contribution in [1.29, 1.82) is 0 Å². The van der Waals surface area contributed by atoms with Crippen LogP contribution in [0.25, 0.3) is 0 Å². The molecule has 1 rings (SSSR count). The van der Waals surface area contributed by atoms with Crippen molar-refractivity contribution in [1.82, 2.24) is 4.90 Å². The molecule has 82 valence electrons. The lowest BCUT2D eigenvalue weighted by molar-refractivity contribution is -0.145. The van der Waals surface area contributed by atoms with Gasteiger partial charge in [-0.25, -0.2) is 0 Å². The van der Waals surface area contributed by atoms with Crippen molar-refractivity contribution in [2.75, 3.05) is 19.6 Å². The monoisotopic (exact) mass is 199 g/mol. The third-order valence-electron chi connectivity index (χ3n) is 2.88. The van der Waals surface area contributed by atoms with E-state index in [1.807, 2.05) is 13.8 Å². The van der Waals surface area contributed by atoms with E-state index in [0.717, 1.165) is 13.1 Å². The number of rotatable bonds is 4. The van der Waals surface area contributed by atoms with Crippen LogP contribution < -0.4 is 0 Å². The average Bonchev–Trinajstić information content (AvgIpc) is 1.94. The second-order valence-electron chi connectivity index (χ2n) is 5.52. The van der Waals surface area contributed by atoms with E-state index in [1.165, 1.54) is 0 Å². The highest BCUT2D eigenvalue weighted by atomic mass is 16.4. The lowest BCUT2D eigenvalue weighted by atomic mass is 9.82. The molecule has 1 aliphatic rings. The second kappa shape index (κ2) is 3.89. The summed E-state index contributed by atoms with van der Waals surface area (Å²) in [5.74, 6) is -0.660. The van der Waals surface area contributed by atoms with Crippen molar-refractivity contribution in [2.24, 2.45) is 17.3 Å². The first-order chi connectivity index (χ1) is 6.32. The van der Waals surface area contributed by atoms with E-state index in [4.69, 9.17) is 5.11 Å². The van der Waals surface area contributed by atoms with Gasteiger partial charge in [0.1, 0.15) is 0 Å². The molecule has 0 aromatic rings. The van der Waals surface area contributed by atoms with Crippen molar-refractivity contribution in [2.45, 2.75) is 27.7 Å². The molecule has 1 saturated heterocycles. The molecule has 0 radical (unpaired) electrons. The van der Waals surface area contributed by atoms with Gasteiger partial charge in [-0.1, -0.05) is 27.7 Å². The maximum Gasteiger partial charge on any atom is 0.308 e. The molecular weight excluding hydrogens is 178 g/mol. The predicted octanol–water partition coefficient (Wildman–Crippen LogP) is 1.69. The van der Waals surface area contributed by atoms with Crippen LogP contribution in [-0.2, 0) is 4.79 Å². The number of hydrogen-bond acceptors (Lipinski definition) is 2. The van der Waals surface area contributed by atoms with E-state index in [0.29, 0.717) is 12.0 Å². The van der Waals surface area contributed by atoms with E-state index in [2.05, 4.69) is 18.7 Å². The van der Waals surface area contributed by atoms with Gasteiger partial charge in [-0.05, 0) is 11.3 Å². The molecule has 0 saturated carbocycles. The largest absolute Gasteiger partial charge is 0.481 e. The first kappa shape index (κ1) is 11.5. The lowest BCUT2D eigenvalue weighted by Crippen LogP contribution is -2.55. The van der Waals surface area contributed by atoms with Crippen LogP contribution in [0.3, 0.4) is 0 Å². The SMILES string of the molecule is CC(C)C(CN1CC(C)(C)C1)C(=O)O. The highest BCUT2D eigenvalue weighted by molar-refractivity contribution is 5.70. The van der Waals surface area contributed by atoms with E-state index in [-0.39, 0.29) is 11.8 Å². The third kappa shape index (κ3) is 2.71. The highest BCUT2D eigenvalue weighted by Crippen LogP contribution is 2.30. The van der Waals surface area contributed by atoms with Crippen LogP contribution in [0.1, 0.15) is 27.7 Å². The van der Waals surface area contributed by atoms with Gasteiger partial charge in [0.15, 0.2) is 0 Å². The number of aliphatic carboxylic acids is 1. The Morgan fingerprint density at radius 1 is 1.43 bits per heavy atom. The maximum atomic E-state index is 11.0. The number of nitrogens with zero attached hydrogens (tertiary/aromatic N) is 1. The summed E-state index contributed by atoms with van der Waals surface area (Å²) >= 11 is 0. The summed E-state index contributed by atoms with van der Waals surface area (Å²) < 4.78 is 0. The van der Waals surface area contributed by atoms with Crippen molar-refractivity contribution in [3.8, 4) is 0 Å². The summed E-state index contributed by atoms with van der Waals surface area (Å²) in [5, 5.41) is 9.02. The van der Waals surface area contributed by atoms with E-state index < -0.39 is 5.97 Å². The standard InChI is InChI=1S/C11H21NO2/c1-8(2)9(10(13)14)5-12-6-11(3,4)7-12/h8-9H,5-7H2,1-4H3,(H,13,14). The molecule has 1 heterocycles. The van der Waals surface area contributed by atoms with Gasteiger partial charge in [0.05, 0.1) is 5.92 Å². The number of likely N-dealkylation sites (tertiary alicyclic amines) is 1. The van der Waals surface area contributed by atoms with Gasteiger partial charge in [-0.3, -0.25) is 4.79 Å². The van der Waals surface area contributed by atoms with Crippen LogP contribution in [-0.4, -0.2) is 35.6 Å². The van der Waals surface area contributed by atoms with Crippen LogP contribution in [0.15, 0.2) is 0 Å². The molecule has 3 nitrogen and oxygen atoms in total. The molecule has 1 atom stereocenters. The Morgan fingerprint density at radius 2 is 1.93 bits per heavy atom. The van der Waals surface area contributed by atoms with Gasteiger partial charge in [0.2, 0.25) is 0 Å². The molecule has 1 aliphatic heterocycles. The molecule has 0 aliphatic carbocycles. The molecule has 0 spiro atoms. The molecule has 0 amide bonds. The Bertz CT molecular complexity index is 215. The normalized spacial score (nSPS) is 23.2. The Balaban J connectivity index is 2.39. The summed E-state index contributed by atoms with van der Waals surface area (Å²) in [6.07, 6.45) is 0. The quantitative estimate of drug-likeness (QED) is 0.749. The molecule has 1 fully saturated rings. The second-order valence-corrected chi connectivity index (χ2v) is 5.52. The van der Waals surface area contributed by atoms with Gasteiger partial charge < -0.3 is 10.0 Å². The van der Waals surface area contributed by atoms with Crippen molar-refractivity contribution in [3.63, 3.8) is 0 Å². The summed E-state index contributed by atoms with van der Waals surface area (Å²) in [4.78, 5) is 13.2. The number of carbonyl (C=O) groups is 1. The van der Waals surface area contributed by atoms with E-state index in [1.54, 1.807) is 0 Å².